The van der Waals surface area contributed by atoms with Crippen LogP contribution < -0.4 is 16.0 Å². The van der Waals surface area contributed by atoms with Crippen molar-refractivity contribution in [3.05, 3.63) is 48.0 Å². The highest BCUT2D eigenvalue weighted by Gasteiger charge is 2.34. The van der Waals surface area contributed by atoms with Crippen molar-refractivity contribution in [1.82, 2.24) is 30.7 Å². The predicted octanol–water partition coefficient (Wildman–Crippen LogP) is 2.30. The van der Waals surface area contributed by atoms with Crippen LogP contribution in [0.5, 0.6) is 0 Å². The van der Waals surface area contributed by atoms with E-state index in [1.54, 1.807) is 6.33 Å². The third-order valence-corrected chi connectivity index (χ3v) is 5.81. The molecule has 8 heteroatoms. The Kier molecular flexibility index (Phi) is 8.85. The molecule has 1 atom stereocenters. The zero-order chi connectivity index (χ0) is 21.9. The fraction of sp³-hybridized carbons (Fsp3) is 0.609. The van der Waals surface area contributed by atoms with Crippen molar-refractivity contribution < 1.29 is 4.74 Å². The molecular formula is C23H37N7O. The van der Waals surface area contributed by atoms with E-state index in [4.69, 9.17) is 9.73 Å². The molecule has 2 aromatic rings. The fourth-order valence-electron chi connectivity index (χ4n) is 4.00. The number of rotatable bonds is 10. The van der Waals surface area contributed by atoms with Gasteiger partial charge >= 0.3 is 0 Å². The maximum Gasteiger partial charge on any atom is 0.191 e. The smallest absolute Gasteiger partial charge is 0.191 e. The maximum absolute atomic E-state index is 5.66. The van der Waals surface area contributed by atoms with Crippen molar-refractivity contribution in [2.45, 2.75) is 58.2 Å². The molecule has 0 amide bonds. The molecule has 0 spiro atoms. The second kappa shape index (κ2) is 11.8. The molecule has 1 aliphatic rings. The summed E-state index contributed by atoms with van der Waals surface area (Å²) < 4.78 is 7.74. The SMILES string of the molecule is CCNC(=NCC1(NC(C)c2ccccc2)CCOCC1)NCCn1cnnc1CC. The Morgan fingerprint density at radius 3 is 2.68 bits per heavy atom. The second-order valence-electron chi connectivity index (χ2n) is 8.09. The van der Waals surface area contributed by atoms with Crippen LogP contribution in [-0.2, 0) is 17.7 Å². The normalized spacial score (nSPS) is 17.3. The molecule has 170 valence electrons. The predicted molar refractivity (Wildman–Crippen MR) is 124 cm³/mol. The van der Waals surface area contributed by atoms with Crippen molar-refractivity contribution in [2.75, 3.05) is 32.8 Å². The van der Waals surface area contributed by atoms with Crippen LogP contribution in [0.1, 0.15) is 51.0 Å². The van der Waals surface area contributed by atoms with Crippen LogP contribution in [0.25, 0.3) is 0 Å². The standard InChI is InChI=1S/C23H37N7O/c1-4-21-29-27-18-30(21)14-13-25-22(24-5-2)26-17-23(11-15-31-16-12-23)28-19(3)20-9-7-6-8-10-20/h6-10,18-19,28H,4-5,11-17H2,1-3H3,(H2,24,25,26). The largest absolute Gasteiger partial charge is 0.381 e. The quantitative estimate of drug-likeness (QED) is 0.398. The molecule has 1 saturated heterocycles. The molecule has 1 fully saturated rings. The molecule has 3 rings (SSSR count). The highest BCUT2D eigenvalue weighted by Crippen LogP contribution is 2.26. The van der Waals surface area contributed by atoms with E-state index in [1.165, 1.54) is 5.56 Å². The van der Waals surface area contributed by atoms with E-state index in [0.29, 0.717) is 6.54 Å². The Bertz CT molecular complexity index is 799. The van der Waals surface area contributed by atoms with Crippen molar-refractivity contribution in [3.8, 4) is 0 Å². The molecule has 31 heavy (non-hydrogen) atoms. The molecule has 8 nitrogen and oxygen atoms in total. The number of aryl methyl sites for hydroxylation is 1. The van der Waals surface area contributed by atoms with Gasteiger partial charge in [-0.05, 0) is 32.3 Å². The van der Waals surface area contributed by atoms with Gasteiger partial charge in [0, 0.05) is 50.8 Å². The first-order valence-corrected chi connectivity index (χ1v) is 11.4. The Morgan fingerprint density at radius 1 is 1.19 bits per heavy atom. The maximum atomic E-state index is 5.66. The van der Waals surface area contributed by atoms with Crippen molar-refractivity contribution in [2.24, 2.45) is 4.99 Å². The number of nitrogens with zero attached hydrogens (tertiary/aromatic N) is 4. The van der Waals surface area contributed by atoms with Crippen LogP contribution in [0.2, 0.25) is 0 Å². The summed E-state index contributed by atoms with van der Waals surface area (Å²) in [7, 11) is 0. The minimum Gasteiger partial charge on any atom is -0.381 e. The van der Waals surface area contributed by atoms with Gasteiger partial charge in [-0.2, -0.15) is 0 Å². The lowest BCUT2D eigenvalue weighted by atomic mass is 9.88. The number of guanidine groups is 1. The summed E-state index contributed by atoms with van der Waals surface area (Å²) in [6.45, 7) is 11.0. The highest BCUT2D eigenvalue weighted by molar-refractivity contribution is 5.79. The first-order valence-electron chi connectivity index (χ1n) is 11.4. The van der Waals surface area contributed by atoms with Crippen LogP contribution in [0.4, 0.5) is 0 Å². The third-order valence-electron chi connectivity index (χ3n) is 5.81. The van der Waals surface area contributed by atoms with Gasteiger partial charge in [0.2, 0.25) is 0 Å². The Balaban J connectivity index is 1.63. The molecule has 1 aliphatic heterocycles. The number of hydrogen-bond donors (Lipinski definition) is 3. The lowest BCUT2D eigenvalue weighted by molar-refractivity contribution is 0.0374. The van der Waals surface area contributed by atoms with Gasteiger partial charge < -0.3 is 25.3 Å². The number of hydrogen-bond acceptors (Lipinski definition) is 5. The van der Waals surface area contributed by atoms with Gasteiger partial charge in [-0.1, -0.05) is 37.3 Å². The van der Waals surface area contributed by atoms with Gasteiger partial charge in [0.15, 0.2) is 5.96 Å². The van der Waals surface area contributed by atoms with E-state index >= 15 is 0 Å². The van der Waals surface area contributed by atoms with Gasteiger partial charge in [0.05, 0.1) is 6.54 Å². The summed E-state index contributed by atoms with van der Waals surface area (Å²) in [5, 5.41) is 18.9. The summed E-state index contributed by atoms with van der Waals surface area (Å²) in [6.07, 6.45) is 4.57. The average Bonchev–Trinajstić information content (AvgIpc) is 3.26. The molecule has 3 N–H and O–H groups in total. The summed E-state index contributed by atoms with van der Waals surface area (Å²) in [4.78, 5) is 4.95. The van der Waals surface area contributed by atoms with Crippen molar-refractivity contribution in [1.29, 1.82) is 0 Å². The Hall–Kier alpha value is -2.45. The monoisotopic (exact) mass is 427 g/mol. The van der Waals surface area contributed by atoms with Gasteiger partial charge in [-0.25, -0.2) is 0 Å². The Labute approximate surface area is 185 Å². The lowest BCUT2D eigenvalue weighted by Gasteiger charge is -2.39. The van der Waals surface area contributed by atoms with Gasteiger partial charge in [0.1, 0.15) is 12.2 Å². The second-order valence-corrected chi connectivity index (χ2v) is 8.09. The van der Waals surface area contributed by atoms with Crippen LogP contribution in [-0.4, -0.2) is 59.1 Å². The van der Waals surface area contributed by atoms with E-state index in [9.17, 15) is 0 Å². The molecule has 1 unspecified atom stereocenters. The Morgan fingerprint density at radius 2 is 1.97 bits per heavy atom. The van der Waals surface area contributed by atoms with Gasteiger partial charge in [-0.15, -0.1) is 10.2 Å². The molecule has 2 heterocycles. The van der Waals surface area contributed by atoms with Crippen molar-refractivity contribution in [3.63, 3.8) is 0 Å². The molecule has 1 aromatic carbocycles. The first-order chi connectivity index (χ1) is 15.2. The van der Waals surface area contributed by atoms with Gasteiger partial charge in [0.25, 0.3) is 0 Å². The molecule has 0 aliphatic carbocycles. The van der Waals surface area contributed by atoms with Crippen LogP contribution >= 0.6 is 0 Å². The number of benzene rings is 1. The number of aliphatic imine (C=N–C) groups is 1. The molecular weight excluding hydrogens is 390 g/mol. The molecule has 0 radical (unpaired) electrons. The number of nitrogens with one attached hydrogen (secondary N) is 3. The molecule has 0 bridgehead atoms. The van der Waals surface area contributed by atoms with Crippen LogP contribution in [0.15, 0.2) is 41.7 Å². The summed E-state index contributed by atoms with van der Waals surface area (Å²) in [5.74, 6) is 1.85. The van der Waals surface area contributed by atoms with E-state index in [1.807, 2.05) is 0 Å². The zero-order valence-corrected chi connectivity index (χ0v) is 19.1. The lowest BCUT2D eigenvalue weighted by Crippen LogP contribution is -2.53. The van der Waals surface area contributed by atoms with Crippen LogP contribution in [0.3, 0.4) is 0 Å². The van der Waals surface area contributed by atoms with E-state index in [2.05, 4.69) is 81.8 Å². The topological polar surface area (TPSA) is 88.4 Å². The summed E-state index contributed by atoms with van der Waals surface area (Å²) in [5.41, 5.74) is 1.22. The third kappa shape index (κ3) is 6.77. The zero-order valence-electron chi connectivity index (χ0n) is 19.1. The fourth-order valence-corrected chi connectivity index (χ4v) is 4.00. The highest BCUT2D eigenvalue weighted by atomic mass is 16.5. The average molecular weight is 428 g/mol. The number of ether oxygens (including phenoxy) is 1. The number of aromatic nitrogens is 3. The van der Waals surface area contributed by atoms with E-state index < -0.39 is 0 Å². The van der Waals surface area contributed by atoms with E-state index in [0.717, 1.165) is 63.9 Å². The summed E-state index contributed by atoms with van der Waals surface area (Å²) >= 11 is 0. The summed E-state index contributed by atoms with van der Waals surface area (Å²) in [6, 6.07) is 10.9. The van der Waals surface area contributed by atoms with E-state index in [-0.39, 0.29) is 11.6 Å². The molecule has 0 saturated carbocycles. The minimum atomic E-state index is -0.0699. The van der Waals surface area contributed by atoms with Crippen molar-refractivity contribution >= 4 is 5.96 Å². The minimum absolute atomic E-state index is 0.0699. The first kappa shape index (κ1) is 23.2. The molecule has 1 aromatic heterocycles. The van der Waals surface area contributed by atoms with Crippen LogP contribution in [0, 0.1) is 0 Å². The van der Waals surface area contributed by atoms with Gasteiger partial charge in [-0.3, -0.25) is 4.99 Å².